The van der Waals surface area contributed by atoms with E-state index >= 15 is 0 Å². The number of rotatable bonds is 6. The highest BCUT2D eigenvalue weighted by Crippen LogP contribution is 2.31. The van der Waals surface area contributed by atoms with Crippen LogP contribution in [0.15, 0.2) is 77.8 Å². The van der Waals surface area contributed by atoms with Crippen molar-refractivity contribution < 1.29 is 18.7 Å². The number of carbonyl (C=O) groups excluding carboxylic acids is 2. The number of pyridine rings is 1. The molecule has 3 heterocycles. The van der Waals surface area contributed by atoms with Gasteiger partial charge in [0.1, 0.15) is 28.4 Å². The molecule has 39 heavy (non-hydrogen) atoms. The Morgan fingerprint density at radius 2 is 1.74 bits per heavy atom. The summed E-state index contributed by atoms with van der Waals surface area (Å²) in [4.78, 5) is 33.0. The average Bonchev–Trinajstić information content (AvgIpc) is 3.56. The Bertz CT molecular complexity index is 1650. The number of amides is 3. The lowest BCUT2D eigenvalue weighted by molar-refractivity contribution is 0.0957. The first-order chi connectivity index (χ1) is 18.7. The Kier molecular flexibility index (Phi) is 6.72. The lowest BCUT2D eigenvalue weighted by Crippen LogP contribution is -2.22. The van der Waals surface area contributed by atoms with Gasteiger partial charge in [-0.05, 0) is 69.3 Å². The van der Waals surface area contributed by atoms with Gasteiger partial charge >= 0.3 is 6.03 Å². The van der Waals surface area contributed by atoms with E-state index < -0.39 is 6.03 Å². The lowest BCUT2D eigenvalue weighted by Gasteiger charge is -2.18. The third-order valence-corrected chi connectivity index (χ3v) is 5.79. The normalized spacial score (nSPS) is 11.3. The zero-order valence-corrected chi connectivity index (χ0v) is 21.9. The molecule has 0 saturated carbocycles. The molecule has 0 atom stereocenters. The first kappa shape index (κ1) is 25.5. The summed E-state index contributed by atoms with van der Waals surface area (Å²) in [5.41, 5.74) is 3.85. The molecule has 0 aliphatic heterocycles. The highest BCUT2D eigenvalue weighted by atomic mass is 16.5. The molecule has 3 aromatic heterocycles. The van der Waals surface area contributed by atoms with Crippen LogP contribution < -0.4 is 20.7 Å². The number of nitrogens with zero attached hydrogens (tertiary/aromatic N) is 4. The lowest BCUT2D eigenvalue weighted by atomic mass is 10.1. The van der Waals surface area contributed by atoms with E-state index in [1.165, 1.54) is 19.6 Å². The summed E-state index contributed by atoms with van der Waals surface area (Å²) in [6, 6.07) is 15.2. The SMILES string of the molecule is CNC(=O)c1cc(Oc2ccc(NC(=O)Nc3cn(C(C)(C)C)nc3-c3ccc4ocnc4c3)cc2)ccn1. The van der Waals surface area contributed by atoms with Crippen molar-refractivity contribution in [1.29, 1.82) is 0 Å². The van der Waals surface area contributed by atoms with E-state index in [2.05, 4.69) is 25.9 Å². The molecule has 3 N–H and O–H groups in total. The van der Waals surface area contributed by atoms with Gasteiger partial charge in [-0.15, -0.1) is 0 Å². The number of carbonyl (C=O) groups is 2. The van der Waals surface area contributed by atoms with Gasteiger partial charge in [-0.3, -0.25) is 14.5 Å². The molecule has 198 valence electrons. The van der Waals surface area contributed by atoms with Crippen LogP contribution in [0.25, 0.3) is 22.4 Å². The first-order valence-electron chi connectivity index (χ1n) is 12.2. The molecule has 0 saturated heterocycles. The predicted octanol–water partition coefficient (Wildman–Crippen LogP) is 5.64. The monoisotopic (exact) mass is 525 g/mol. The number of aromatic nitrogens is 4. The molecule has 11 nitrogen and oxygen atoms in total. The van der Waals surface area contributed by atoms with E-state index in [0.717, 1.165) is 5.56 Å². The van der Waals surface area contributed by atoms with E-state index in [-0.39, 0.29) is 17.1 Å². The van der Waals surface area contributed by atoms with Crippen molar-refractivity contribution in [1.82, 2.24) is 25.1 Å². The van der Waals surface area contributed by atoms with Crippen molar-refractivity contribution in [3.63, 3.8) is 0 Å². The smallest absolute Gasteiger partial charge is 0.323 e. The molecular weight excluding hydrogens is 498 g/mol. The van der Waals surface area contributed by atoms with Crippen LogP contribution in [0.2, 0.25) is 0 Å². The fourth-order valence-electron chi connectivity index (χ4n) is 3.78. The van der Waals surface area contributed by atoms with Crippen molar-refractivity contribution in [2.24, 2.45) is 0 Å². The van der Waals surface area contributed by atoms with Crippen molar-refractivity contribution in [3.8, 4) is 22.8 Å². The van der Waals surface area contributed by atoms with Crippen LogP contribution in [0.3, 0.4) is 0 Å². The number of hydrogen-bond acceptors (Lipinski definition) is 7. The minimum absolute atomic E-state index is 0.250. The summed E-state index contributed by atoms with van der Waals surface area (Å²) >= 11 is 0. The van der Waals surface area contributed by atoms with Gasteiger partial charge in [-0.2, -0.15) is 5.10 Å². The molecule has 0 bridgehead atoms. The highest BCUT2D eigenvalue weighted by Gasteiger charge is 2.21. The first-order valence-corrected chi connectivity index (χ1v) is 12.2. The topological polar surface area (TPSA) is 136 Å². The van der Waals surface area contributed by atoms with Gasteiger partial charge in [-0.25, -0.2) is 9.78 Å². The van der Waals surface area contributed by atoms with Gasteiger partial charge < -0.3 is 25.1 Å². The fourth-order valence-corrected chi connectivity index (χ4v) is 3.78. The molecule has 0 aliphatic rings. The Morgan fingerprint density at radius 3 is 2.49 bits per heavy atom. The maximum atomic E-state index is 12.9. The van der Waals surface area contributed by atoms with E-state index in [9.17, 15) is 9.59 Å². The van der Waals surface area contributed by atoms with E-state index in [4.69, 9.17) is 14.3 Å². The summed E-state index contributed by atoms with van der Waals surface area (Å²) in [6.45, 7) is 6.09. The molecule has 3 amide bonds. The number of anilines is 2. The number of nitrogens with one attached hydrogen (secondary N) is 3. The molecule has 0 radical (unpaired) electrons. The summed E-state index contributed by atoms with van der Waals surface area (Å²) in [5, 5.41) is 13.0. The Labute approximate surface area is 224 Å². The molecule has 0 unspecified atom stereocenters. The molecule has 0 spiro atoms. The summed E-state index contributed by atoms with van der Waals surface area (Å²) in [6.07, 6.45) is 4.70. The third kappa shape index (κ3) is 5.72. The van der Waals surface area contributed by atoms with Gasteiger partial charge in [0.05, 0.1) is 11.2 Å². The van der Waals surface area contributed by atoms with Crippen LogP contribution in [0.1, 0.15) is 31.3 Å². The highest BCUT2D eigenvalue weighted by molar-refractivity contribution is 6.02. The minimum Gasteiger partial charge on any atom is -0.457 e. The molecule has 2 aromatic carbocycles. The largest absolute Gasteiger partial charge is 0.457 e. The second-order valence-electron chi connectivity index (χ2n) is 9.70. The number of oxazole rings is 1. The third-order valence-electron chi connectivity index (χ3n) is 5.79. The van der Waals surface area contributed by atoms with Crippen molar-refractivity contribution in [2.45, 2.75) is 26.3 Å². The Balaban J connectivity index is 1.30. The second kappa shape index (κ2) is 10.3. The molecule has 5 rings (SSSR count). The molecular formula is C28H27N7O4. The van der Waals surface area contributed by atoms with Crippen LogP contribution in [-0.4, -0.2) is 38.7 Å². The van der Waals surface area contributed by atoms with E-state index in [1.807, 2.05) is 43.7 Å². The molecule has 5 aromatic rings. The van der Waals surface area contributed by atoms with Crippen LogP contribution >= 0.6 is 0 Å². The maximum Gasteiger partial charge on any atom is 0.323 e. The Morgan fingerprint density at radius 1 is 0.949 bits per heavy atom. The molecule has 11 heteroatoms. The number of ether oxygens (including phenoxy) is 1. The molecule has 0 fully saturated rings. The van der Waals surface area contributed by atoms with Crippen LogP contribution in [0.4, 0.5) is 16.2 Å². The number of fused-ring (bicyclic) bond motifs is 1. The van der Waals surface area contributed by atoms with Crippen LogP contribution in [0.5, 0.6) is 11.5 Å². The van der Waals surface area contributed by atoms with Crippen LogP contribution in [0, 0.1) is 0 Å². The minimum atomic E-state index is -0.426. The summed E-state index contributed by atoms with van der Waals surface area (Å²) in [7, 11) is 1.54. The molecule has 0 aliphatic carbocycles. The Hall–Kier alpha value is -5.19. The average molecular weight is 526 g/mol. The summed E-state index contributed by atoms with van der Waals surface area (Å²) < 4.78 is 13.0. The van der Waals surface area contributed by atoms with Crippen LogP contribution in [-0.2, 0) is 5.54 Å². The van der Waals surface area contributed by atoms with Gasteiger partial charge in [0.15, 0.2) is 12.0 Å². The zero-order valence-electron chi connectivity index (χ0n) is 21.9. The van der Waals surface area contributed by atoms with E-state index in [1.54, 1.807) is 42.6 Å². The van der Waals surface area contributed by atoms with Gasteiger partial charge in [0, 0.05) is 36.8 Å². The maximum absolute atomic E-state index is 12.9. The number of benzene rings is 2. The zero-order chi connectivity index (χ0) is 27.6. The quantitative estimate of drug-likeness (QED) is 0.261. The second-order valence-corrected chi connectivity index (χ2v) is 9.70. The van der Waals surface area contributed by atoms with E-state index in [0.29, 0.717) is 39.7 Å². The summed E-state index contributed by atoms with van der Waals surface area (Å²) in [5.74, 6) is 0.696. The van der Waals surface area contributed by atoms with Crippen molar-refractivity contribution in [2.75, 3.05) is 17.7 Å². The van der Waals surface area contributed by atoms with Gasteiger partial charge in [-0.1, -0.05) is 0 Å². The number of urea groups is 1. The van der Waals surface area contributed by atoms with Crippen molar-refractivity contribution >= 4 is 34.4 Å². The van der Waals surface area contributed by atoms with Gasteiger partial charge in [0.2, 0.25) is 0 Å². The predicted molar refractivity (Wildman–Crippen MR) is 147 cm³/mol. The number of hydrogen-bond donors (Lipinski definition) is 3. The van der Waals surface area contributed by atoms with Crippen molar-refractivity contribution in [3.05, 3.63) is 79.1 Å². The van der Waals surface area contributed by atoms with Gasteiger partial charge in [0.25, 0.3) is 5.91 Å². The fraction of sp³-hybridized carbons (Fsp3) is 0.179. The standard InChI is InChI=1S/C28H27N7O4/c1-28(2,3)35-15-23(25(34-35)17-5-10-24-21(13-17)31-16-38-24)33-27(37)32-18-6-8-19(9-7-18)39-20-11-12-30-22(14-20)26(36)29-4/h5-16H,1-4H3,(H,29,36)(H2,32,33,37).